The fraction of sp³-hybridized carbons (Fsp3) is 0.111. The number of hydrogen-bond donors (Lipinski definition) is 2. The van der Waals surface area contributed by atoms with E-state index in [-0.39, 0.29) is 22.3 Å². The number of nitrogen functional groups attached to an aromatic ring is 1. The van der Waals surface area contributed by atoms with E-state index in [2.05, 4.69) is 4.98 Å². The lowest BCUT2D eigenvalue weighted by atomic mass is 10.0. The smallest absolute Gasteiger partial charge is 0.176 e. The lowest BCUT2D eigenvalue weighted by molar-refractivity contribution is 0.101. The van der Waals surface area contributed by atoms with Gasteiger partial charge in [-0.15, -0.1) is 0 Å². The summed E-state index contributed by atoms with van der Waals surface area (Å²) in [4.78, 5) is 15.9. The third kappa shape index (κ3) is 2.63. The normalized spacial score (nSPS) is 10.8. The van der Waals surface area contributed by atoms with Gasteiger partial charge in [0.05, 0.1) is 28.9 Å². The highest BCUT2D eigenvalue weighted by Gasteiger charge is 2.13. The van der Waals surface area contributed by atoms with Gasteiger partial charge in [-0.3, -0.25) is 9.78 Å². The number of carbonyl (C=O) groups is 1. The zero-order valence-electron chi connectivity index (χ0n) is 13.1. The molecule has 0 aliphatic carbocycles. The number of rotatable bonds is 3. The van der Waals surface area contributed by atoms with Crippen molar-refractivity contribution in [3.05, 3.63) is 47.1 Å². The highest BCUT2D eigenvalue weighted by atomic mass is 35.5. The molecule has 2 aromatic carbocycles. The number of aromatic nitrogens is 1. The van der Waals surface area contributed by atoms with Gasteiger partial charge in [0.25, 0.3) is 0 Å². The molecule has 0 aliphatic heterocycles. The van der Waals surface area contributed by atoms with Crippen molar-refractivity contribution in [2.24, 2.45) is 0 Å². The second-order valence-electron chi connectivity index (χ2n) is 5.38. The number of anilines is 1. The van der Waals surface area contributed by atoms with Gasteiger partial charge in [0.15, 0.2) is 17.3 Å². The second kappa shape index (κ2) is 6.02. The Balaban J connectivity index is 2.23. The minimum atomic E-state index is -0.137. The summed E-state index contributed by atoms with van der Waals surface area (Å²) in [6.07, 6.45) is 1.49. The number of phenols is 1. The summed E-state index contributed by atoms with van der Waals surface area (Å²) in [5, 5.41) is 10.7. The number of fused-ring (bicyclic) bond motifs is 1. The molecule has 3 aromatic rings. The molecule has 0 atom stereocenters. The first-order valence-electron chi connectivity index (χ1n) is 7.18. The number of methoxy groups -OCH3 is 1. The standard InChI is InChI=1S/C18H15ClN2O3/c1-9(22)13-8-21-15-4-3-10(5-12(15)17(13)20)11-6-14(19)18(23)16(7-11)24-2/h3-8,23H,1-2H3,(H2,20,21). The van der Waals surface area contributed by atoms with Gasteiger partial charge in [-0.25, -0.2) is 0 Å². The van der Waals surface area contributed by atoms with E-state index < -0.39 is 0 Å². The van der Waals surface area contributed by atoms with Crippen molar-refractivity contribution in [3.8, 4) is 22.6 Å². The first kappa shape index (κ1) is 16.1. The molecule has 0 bridgehead atoms. The monoisotopic (exact) mass is 342 g/mol. The Kier molecular flexibility index (Phi) is 4.03. The van der Waals surface area contributed by atoms with Gasteiger partial charge >= 0.3 is 0 Å². The van der Waals surface area contributed by atoms with Crippen LogP contribution < -0.4 is 10.5 Å². The molecule has 1 aromatic heterocycles. The minimum Gasteiger partial charge on any atom is -0.503 e. The van der Waals surface area contributed by atoms with Crippen LogP contribution in [-0.4, -0.2) is 23.0 Å². The number of Topliss-reactive ketones (excluding diaryl/α,β-unsaturated/α-hetero) is 1. The summed E-state index contributed by atoms with van der Waals surface area (Å²) in [7, 11) is 1.45. The molecule has 122 valence electrons. The fourth-order valence-electron chi connectivity index (χ4n) is 2.57. The molecule has 0 fully saturated rings. The molecular formula is C18H15ClN2O3. The molecule has 6 heteroatoms. The van der Waals surface area contributed by atoms with Gasteiger partial charge in [0.1, 0.15) is 0 Å². The van der Waals surface area contributed by atoms with E-state index in [9.17, 15) is 9.90 Å². The minimum absolute atomic E-state index is 0.108. The Morgan fingerprint density at radius 3 is 2.67 bits per heavy atom. The Morgan fingerprint density at radius 2 is 2.00 bits per heavy atom. The van der Waals surface area contributed by atoms with Crippen molar-refractivity contribution in [1.82, 2.24) is 4.98 Å². The van der Waals surface area contributed by atoms with Gasteiger partial charge in [0, 0.05) is 11.6 Å². The van der Waals surface area contributed by atoms with Crippen LogP contribution in [0.3, 0.4) is 0 Å². The summed E-state index contributed by atoms with van der Waals surface area (Å²) < 4.78 is 5.13. The first-order chi connectivity index (χ1) is 11.4. The summed E-state index contributed by atoms with van der Waals surface area (Å²) in [5.41, 5.74) is 9.17. The number of nitrogens with two attached hydrogens (primary N) is 1. The maximum Gasteiger partial charge on any atom is 0.176 e. The highest BCUT2D eigenvalue weighted by molar-refractivity contribution is 6.32. The molecule has 0 spiro atoms. The average molecular weight is 343 g/mol. The van der Waals surface area contributed by atoms with Gasteiger partial charge < -0.3 is 15.6 Å². The van der Waals surface area contributed by atoms with Crippen LogP contribution in [0.5, 0.6) is 11.5 Å². The van der Waals surface area contributed by atoms with Gasteiger partial charge in [0.2, 0.25) is 0 Å². The summed E-state index contributed by atoms with van der Waals surface area (Å²) >= 11 is 6.05. The second-order valence-corrected chi connectivity index (χ2v) is 5.79. The van der Waals surface area contributed by atoms with Crippen LogP contribution in [0.2, 0.25) is 5.02 Å². The van der Waals surface area contributed by atoms with Crippen LogP contribution in [0.25, 0.3) is 22.0 Å². The maximum absolute atomic E-state index is 11.6. The number of aromatic hydroxyl groups is 1. The van der Waals surface area contributed by atoms with Gasteiger partial charge in [-0.1, -0.05) is 17.7 Å². The molecular weight excluding hydrogens is 328 g/mol. The van der Waals surface area contributed by atoms with Crippen molar-refractivity contribution >= 4 is 34.0 Å². The van der Waals surface area contributed by atoms with Gasteiger partial charge in [-0.2, -0.15) is 0 Å². The Bertz CT molecular complexity index is 970. The largest absolute Gasteiger partial charge is 0.503 e. The summed E-state index contributed by atoms with van der Waals surface area (Å²) in [6.45, 7) is 1.45. The number of benzene rings is 2. The van der Waals surface area contributed by atoms with Gasteiger partial charge in [-0.05, 0) is 42.3 Å². The lowest BCUT2D eigenvalue weighted by Crippen LogP contribution is -2.01. The zero-order valence-corrected chi connectivity index (χ0v) is 13.9. The third-order valence-electron chi connectivity index (χ3n) is 3.87. The van der Waals surface area contributed by atoms with E-state index in [0.29, 0.717) is 22.2 Å². The van der Waals surface area contributed by atoms with Crippen LogP contribution in [0, 0.1) is 0 Å². The van der Waals surface area contributed by atoms with Crippen LogP contribution in [0.4, 0.5) is 5.69 Å². The topological polar surface area (TPSA) is 85.4 Å². The predicted molar refractivity (Wildman–Crippen MR) is 94.8 cm³/mol. The molecule has 3 N–H and O–H groups in total. The van der Waals surface area contributed by atoms with Crippen LogP contribution >= 0.6 is 11.6 Å². The molecule has 3 rings (SSSR count). The molecule has 0 radical (unpaired) electrons. The van der Waals surface area contributed by atoms with Crippen LogP contribution in [0.1, 0.15) is 17.3 Å². The Morgan fingerprint density at radius 1 is 1.25 bits per heavy atom. The van der Waals surface area contributed by atoms with E-state index in [1.54, 1.807) is 12.1 Å². The zero-order chi connectivity index (χ0) is 17.4. The number of hydrogen-bond acceptors (Lipinski definition) is 5. The summed E-state index contributed by atoms with van der Waals surface area (Å²) in [6, 6.07) is 8.84. The number of carbonyl (C=O) groups excluding carboxylic acids is 1. The number of pyridine rings is 1. The average Bonchev–Trinajstić information content (AvgIpc) is 2.57. The first-order valence-corrected chi connectivity index (χ1v) is 7.56. The van der Waals surface area contributed by atoms with Crippen LogP contribution in [0.15, 0.2) is 36.5 Å². The lowest BCUT2D eigenvalue weighted by Gasteiger charge is -2.11. The quantitative estimate of drug-likeness (QED) is 0.701. The number of halogens is 1. The molecule has 0 unspecified atom stereocenters. The molecule has 0 amide bonds. The third-order valence-corrected chi connectivity index (χ3v) is 4.16. The van der Waals surface area contributed by atoms with E-state index in [1.165, 1.54) is 20.2 Å². The number of ether oxygens (including phenoxy) is 1. The van der Waals surface area contributed by atoms with Crippen molar-refractivity contribution in [1.29, 1.82) is 0 Å². The van der Waals surface area contributed by atoms with E-state index in [1.807, 2.05) is 18.2 Å². The van der Waals surface area contributed by atoms with Crippen molar-refractivity contribution in [2.45, 2.75) is 6.92 Å². The summed E-state index contributed by atoms with van der Waals surface area (Å²) in [5.74, 6) is 0.0339. The Hall–Kier alpha value is -2.79. The Labute approximate surface area is 143 Å². The molecule has 1 heterocycles. The number of nitrogens with zero attached hydrogens (tertiary/aromatic N) is 1. The molecule has 0 aliphatic rings. The SMILES string of the molecule is COc1cc(-c2ccc3ncc(C(C)=O)c(N)c3c2)cc(Cl)c1O. The molecule has 0 saturated carbocycles. The fourth-order valence-corrected chi connectivity index (χ4v) is 2.78. The molecule has 0 saturated heterocycles. The maximum atomic E-state index is 11.6. The predicted octanol–water partition coefficient (Wildman–Crippen LogP) is 4.05. The van der Waals surface area contributed by atoms with Crippen LogP contribution in [-0.2, 0) is 0 Å². The van der Waals surface area contributed by atoms with E-state index in [4.69, 9.17) is 22.1 Å². The highest BCUT2D eigenvalue weighted by Crippen LogP contribution is 2.39. The van der Waals surface area contributed by atoms with Crippen molar-refractivity contribution in [3.63, 3.8) is 0 Å². The number of phenolic OH excluding ortho intramolecular Hbond substituents is 1. The van der Waals surface area contributed by atoms with E-state index >= 15 is 0 Å². The molecule has 24 heavy (non-hydrogen) atoms. The molecule has 5 nitrogen and oxygen atoms in total. The van der Waals surface area contributed by atoms with E-state index in [0.717, 1.165) is 11.1 Å². The van der Waals surface area contributed by atoms with Crippen molar-refractivity contribution < 1.29 is 14.6 Å². The van der Waals surface area contributed by atoms with Crippen molar-refractivity contribution in [2.75, 3.05) is 12.8 Å². The number of ketones is 1.